The number of aromatic nitrogens is 1. The van der Waals surface area contributed by atoms with E-state index in [0.29, 0.717) is 5.02 Å². The SMILES string of the molecule is COc1ccc(Cl)cc1-n1c(C)cc(/C=N\NC(=O)CNc2ccc(I)cc2)c1C. The third kappa shape index (κ3) is 5.34. The molecule has 0 bridgehead atoms. The Labute approximate surface area is 194 Å². The number of aryl methyl sites for hydroxylation is 1. The second-order valence-corrected chi connectivity index (χ2v) is 8.31. The highest BCUT2D eigenvalue weighted by molar-refractivity contribution is 14.1. The lowest BCUT2D eigenvalue weighted by molar-refractivity contribution is -0.119. The smallest absolute Gasteiger partial charge is 0.259 e. The van der Waals surface area contributed by atoms with Crippen LogP contribution in [0.5, 0.6) is 5.75 Å². The quantitative estimate of drug-likeness (QED) is 0.256. The minimum absolute atomic E-state index is 0.136. The van der Waals surface area contributed by atoms with E-state index in [2.05, 4.69) is 38.4 Å². The van der Waals surface area contributed by atoms with E-state index in [-0.39, 0.29) is 12.5 Å². The van der Waals surface area contributed by atoms with E-state index in [1.54, 1.807) is 19.4 Å². The minimum Gasteiger partial charge on any atom is -0.495 e. The number of anilines is 1. The van der Waals surface area contributed by atoms with E-state index in [0.717, 1.165) is 37.6 Å². The summed E-state index contributed by atoms with van der Waals surface area (Å²) in [5.74, 6) is 0.495. The summed E-state index contributed by atoms with van der Waals surface area (Å²) >= 11 is 8.42. The van der Waals surface area contributed by atoms with Gasteiger partial charge in [-0.3, -0.25) is 4.79 Å². The van der Waals surface area contributed by atoms with Gasteiger partial charge in [0.1, 0.15) is 5.75 Å². The third-order valence-corrected chi connectivity index (χ3v) is 5.50. The molecule has 0 spiro atoms. The van der Waals surface area contributed by atoms with E-state index in [4.69, 9.17) is 16.3 Å². The van der Waals surface area contributed by atoms with Gasteiger partial charge in [0.15, 0.2) is 0 Å². The molecule has 3 aromatic rings. The number of benzene rings is 2. The van der Waals surface area contributed by atoms with E-state index in [1.165, 1.54) is 0 Å². The van der Waals surface area contributed by atoms with Crippen LogP contribution >= 0.6 is 34.2 Å². The van der Waals surface area contributed by atoms with Gasteiger partial charge in [-0.05, 0) is 85.0 Å². The molecule has 0 unspecified atom stereocenters. The van der Waals surface area contributed by atoms with Crippen molar-refractivity contribution in [3.63, 3.8) is 0 Å². The van der Waals surface area contributed by atoms with Gasteiger partial charge in [0.05, 0.1) is 25.6 Å². The highest BCUT2D eigenvalue weighted by Gasteiger charge is 2.14. The first-order valence-electron chi connectivity index (χ1n) is 9.23. The first kappa shape index (κ1) is 22.2. The van der Waals surface area contributed by atoms with E-state index >= 15 is 0 Å². The number of hydrogen-bond acceptors (Lipinski definition) is 4. The summed E-state index contributed by atoms with van der Waals surface area (Å²) in [5, 5.41) is 7.79. The molecular weight excluding hydrogens is 515 g/mol. The van der Waals surface area contributed by atoms with Crippen molar-refractivity contribution in [2.24, 2.45) is 5.10 Å². The molecule has 2 N–H and O–H groups in total. The maximum Gasteiger partial charge on any atom is 0.259 e. The summed E-state index contributed by atoms with van der Waals surface area (Å²) in [6, 6.07) is 15.3. The average molecular weight is 537 g/mol. The molecule has 0 saturated heterocycles. The summed E-state index contributed by atoms with van der Waals surface area (Å²) in [6.07, 6.45) is 1.64. The van der Waals surface area contributed by atoms with Crippen LogP contribution in [0.4, 0.5) is 5.69 Å². The minimum atomic E-state index is -0.227. The van der Waals surface area contributed by atoms with Crippen molar-refractivity contribution in [2.75, 3.05) is 19.0 Å². The van der Waals surface area contributed by atoms with Crippen molar-refractivity contribution < 1.29 is 9.53 Å². The monoisotopic (exact) mass is 536 g/mol. The Bertz CT molecular complexity index is 1080. The zero-order valence-corrected chi connectivity index (χ0v) is 19.8. The number of methoxy groups -OCH3 is 1. The van der Waals surface area contributed by atoms with E-state index in [9.17, 15) is 4.79 Å². The Hall–Kier alpha value is -2.52. The van der Waals surface area contributed by atoms with Crippen molar-refractivity contribution in [1.82, 2.24) is 9.99 Å². The highest BCUT2D eigenvalue weighted by atomic mass is 127. The van der Waals surface area contributed by atoms with Gasteiger partial charge in [0, 0.05) is 31.2 Å². The Balaban J connectivity index is 1.68. The first-order chi connectivity index (χ1) is 14.4. The van der Waals surface area contributed by atoms with Crippen LogP contribution in [0.1, 0.15) is 17.0 Å². The standard InChI is InChI=1S/C22H22ClIN4O2/c1-14-10-16(15(2)28(14)20-11-17(23)4-9-21(20)30-3)12-26-27-22(29)13-25-19-7-5-18(24)6-8-19/h4-12,25H,13H2,1-3H3,(H,27,29)/b26-12-. The van der Waals surface area contributed by atoms with Crippen molar-refractivity contribution in [3.05, 3.63) is 74.1 Å². The first-order valence-corrected chi connectivity index (χ1v) is 10.7. The predicted octanol–water partition coefficient (Wildman–Crippen LogP) is 4.92. The van der Waals surface area contributed by atoms with E-state index < -0.39 is 0 Å². The Kier molecular flexibility index (Phi) is 7.38. The van der Waals surface area contributed by atoms with Gasteiger partial charge in [-0.25, -0.2) is 5.43 Å². The lowest BCUT2D eigenvalue weighted by atomic mass is 10.2. The maximum absolute atomic E-state index is 12.0. The Morgan fingerprint density at radius 3 is 2.63 bits per heavy atom. The number of carbonyl (C=O) groups excluding carboxylic acids is 1. The van der Waals surface area contributed by atoms with Crippen LogP contribution in [-0.2, 0) is 4.79 Å². The molecule has 0 fully saturated rings. The fraction of sp³-hybridized carbons (Fsp3) is 0.182. The Morgan fingerprint density at radius 1 is 1.20 bits per heavy atom. The number of ether oxygens (including phenoxy) is 1. The number of rotatable bonds is 7. The van der Waals surface area contributed by atoms with Crippen LogP contribution in [0.15, 0.2) is 53.6 Å². The molecule has 6 nitrogen and oxygen atoms in total. The zero-order valence-electron chi connectivity index (χ0n) is 16.9. The molecule has 1 aromatic heterocycles. The fourth-order valence-electron chi connectivity index (χ4n) is 3.09. The number of hydrazone groups is 1. The van der Waals surface area contributed by atoms with Crippen molar-refractivity contribution in [1.29, 1.82) is 0 Å². The van der Waals surface area contributed by atoms with Gasteiger partial charge < -0.3 is 14.6 Å². The molecule has 0 aliphatic carbocycles. The highest BCUT2D eigenvalue weighted by Crippen LogP contribution is 2.30. The number of carbonyl (C=O) groups is 1. The molecule has 1 heterocycles. The molecular formula is C22H22ClIN4O2. The zero-order chi connectivity index (χ0) is 21.7. The van der Waals surface area contributed by atoms with Crippen LogP contribution in [-0.4, -0.2) is 30.3 Å². The molecule has 8 heteroatoms. The molecule has 0 aliphatic rings. The van der Waals surface area contributed by atoms with Gasteiger partial charge in [-0.1, -0.05) is 11.6 Å². The molecule has 30 heavy (non-hydrogen) atoms. The molecule has 0 atom stereocenters. The number of hydrogen-bond donors (Lipinski definition) is 2. The lowest BCUT2D eigenvalue weighted by Crippen LogP contribution is -2.25. The van der Waals surface area contributed by atoms with Gasteiger partial charge >= 0.3 is 0 Å². The normalized spacial score (nSPS) is 11.0. The molecule has 2 aromatic carbocycles. The van der Waals surface area contributed by atoms with Gasteiger partial charge in [-0.2, -0.15) is 5.10 Å². The molecule has 0 saturated carbocycles. The molecule has 3 rings (SSSR count). The summed E-state index contributed by atoms with van der Waals surface area (Å²) < 4.78 is 8.67. The second kappa shape index (κ2) is 9.99. The number of halogens is 2. The Morgan fingerprint density at radius 2 is 1.93 bits per heavy atom. The fourth-order valence-corrected chi connectivity index (χ4v) is 3.62. The average Bonchev–Trinajstić information content (AvgIpc) is 3.00. The summed E-state index contributed by atoms with van der Waals surface area (Å²) in [6.45, 7) is 4.11. The van der Waals surface area contributed by atoms with Crippen molar-refractivity contribution in [3.8, 4) is 11.4 Å². The van der Waals surface area contributed by atoms with Crippen LogP contribution in [0.3, 0.4) is 0 Å². The van der Waals surface area contributed by atoms with Gasteiger partial charge in [0.25, 0.3) is 5.91 Å². The molecule has 156 valence electrons. The topological polar surface area (TPSA) is 67.6 Å². The van der Waals surface area contributed by atoms with Gasteiger partial charge in [-0.15, -0.1) is 0 Å². The number of amides is 1. The van der Waals surface area contributed by atoms with Crippen LogP contribution < -0.4 is 15.5 Å². The summed E-state index contributed by atoms with van der Waals surface area (Å²) in [4.78, 5) is 12.0. The van der Waals surface area contributed by atoms with Gasteiger partial charge in [0.2, 0.25) is 0 Å². The van der Waals surface area contributed by atoms with E-state index in [1.807, 2.05) is 60.9 Å². The molecule has 0 aliphatic heterocycles. The lowest BCUT2D eigenvalue weighted by Gasteiger charge is -2.14. The third-order valence-electron chi connectivity index (χ3n) is 4.54. The largest absolute Gasteiger partial charge is 0.495 e. The predicted molar refractivity (Wildman–Crippen MR) is 130 cm³/mol. The number of nitrogens with one attached hydrogen (secondary N) is 2. The van der Waals surface area contributed by atoms with Crippen LogP contribution in [0.25, 0.3) is 5.69 Å². The van der Waals surface area contributed by atoms with Crippen LogP contribution in [0, 0.1) is 17.4 Å². The maximum atomic E-state index is 12.0. The summed E-state index contributed by atoms with van der Waals surface area (Å²) in [7, 11) is 1.63. The second-order valence-electron chi connectivity index (χ2n) is 6.63. The van der Waals surface area contributed by atoms with Crippen LogP contribution in [0.2, 0.25) is 5.02 Å². The molecule has 1 amide bonds. The number of nitrogens with zero attached hydrogens (tertiary/aromatic N) is 2. The molecule has 0 radical (unpaired) electrons. The van der Waals surface area contributed by atoms with Crippen molar-refractivity contribution in [2.45, 2.75) is 13.8 Å². The van der Waals surface area contributed by atoms with Crippen molar-refractivity contribution >= 4 is 52.0 Å². The summed E-state index contributed by atoms with van der Waals surface area (Å²) in [5.41, 5.74) is 7.14.